The highest BCUT2D eigenvalue weighted by molar-refractivity contribution is 7.90. The quantitative estimate of drug-likeness (QED) is 0.264. The van der Waals surface area contributed by atoms with Crippen molar-refractivity contribution in [2.75, 3.05) is 40.3 Å². The third-order valence-electron chi connectivity index (χ3n) is 7.02. The number of methoxy groups -OCH3 is 1. The van der Waals surface area contributed by atoms with E-state index in [4.69, 9.17) is 16.3 Å². The Morgan fingerprint density at radius 1 is 0.950 bits per heavy atom. The number of likely N-dealkylation sites (N-methyl/N-ethyl adjacent to an activating group) is 2. The molecule has 4 aromatic rings. The number of benzene rings is 3. The van der Waals surface area contributed by atoms with E-state index in [1.54, 1.807) is 36.2 Å². The number of carbonyl (C=O) groups excluding carboxylic acids is 1. The molecule has 1 unspecified atom stereocenters. The first-order valence-electron chi connectivity index (χ1n) is 13.0. The van der Waals surface area contributed by atoms with Crippen molar-refractivity contribution in [2.45, 2.75) is 24.8 Å². The van der Waals surface area contributed by atoms with Crippen LogP contribution in [-0.2, 0) is 14.8 Å². The molecule has 0 fully saturated rings. The normalized spacial score (nSPS) is 12.6. The largest absolute Gasteiger partial charge is 0.497 e. The van der Waals surface area contributed by atoms with E-state index >= 15 is 0 Å². The zero-order valence-corrected chi connectivity index (χ0v) is 24.5. The molecule has 0 saturated carbocycles. The number of rotatable bonds is 11. The van der Waals surface area contributed by atoms with Gasteiger partial charge < -0.3 is 14.5 Å². The van der Waals surface area contributed by atoms with Gasteiger partial charge in [0.15, 0.2) is 0 Å². The molecule has 0 spiro atoms. The van der Waals surface area contributed by atoms with Crippen LogP contribution >= 0.6 is 11.6 Å². The van der Waals surface area contributed by atoms with Gasteiger partial charge in [0.25, 0.3) is 10.0 Å². The Balaban J connectivity index is 1.93. The van der Waals surface area contributed by atoms with Crippen LogP contribution in [0, 0.1) is 0 Å². The summed E-state index contributed by atoms with van der Waals surface area (Å²) in [6.07, 6.45) is 0. The van der Waals surface area contributed by atoms with Gasteiger partial charge in [-0.1, -0.05) is 55.8 Å². The van der Waals surface area contributed by atoms with Crippen LogP contribution in [-0.4, -0.2) is 73.0 Å². The van der Waals surface area contributed by atoms with E-state index in [1.807, 2.05) is 6.07 Å². The highest BCUT2D eigenvalue weighted by Gasteiger charge is 2.33. The summed E-state index contributed by atoms with van der Waals surface area (Å²) in [4.78, 5) is 31.9. The molecule has 3 aromatic carbocycles. The molecule has 1 amide bonds. The molecule has 0 aliphatic carbocycles. The van der Waals surface area contributed by atoms with Crippen LogP contribution in [0.1, 0.15) is 25.5 Å². The first kappa shape index (κ1) is 29.4. The fourth-order valence-corrected chi connectivity index (χ4v) is 6.25. The van der Waals surface area contributed by atoms with E-state index in [1.165, 1.54) is 54.1 Å². The van der Waals surface area contributed by atoms with Crippen molar-refractivity contribution in [3.05, 3.63) is 93.9 Å². The molecule has 9 nitrogen and oxygen atoms in total. The lowest BCUT2D eigenvalue weighted by atomic mass is 10.0. The van der Waals surface area contributed by atoms with Crippen molar-refractivity contribution in [3.8, 4) is 5.75 Å². The minimum atomic E-state index is -4.35. The van der Waals surface area contributed by atoms with Gasteiger partial charge in [-0.15, -0.1) is 0 Å². The Kier molecular flexibility index (Phi) is 9.02. The van der Waals surface area contributed by atoms with Gasteiger partial charge in [0.1, 0.15) is 11.8 Å². The molecule has 4 rings (SSSR count). The van der Waals surface area contributed by atoms with Gasteiger partial charge in [0.2, 0.25) is 5.91 Å². The minimum Gasteiger partial charge on any atom is -0.497 e. The average Bonchev–Trinajstić information content (AvgIpc) is 3.25. The topological polar surface area (TPSA) is 93.9 Å². The average molecular weight is 585 g/mol. The number of carbonyl (C=O) groups is 1. The second-order valence-corrected chi connectivity index (χ2v) is 11.6. The summed E-state index contributed by atoms with van der Waals surface area (Å²) in [6.45, 7) is 6.89. The van der Waals surface area contributed by atoms with Crippen LogP contribution in [0.4, 0.5) is 0 Å². The number of ether oxygens (including phenoxy) is 1. The lowest BCUT2D eigenvalue weighted by Gasteiger charge is -2.27. The number of hydrogen-bond acceptors (Lipinski definition) is 6. The number of hydrogen-bond donors (Lipinski definition) is 0. The van der Waals surface area contributed by atoms with Gasteiger partial charge in [-0.3, -0.25) is 9.36 Å². The highest BCUT2D eigenvalue weighted by Crippen LogP contribution is 2.29. The van der Waals surface area contributed by atoms with Crippen LogP contribution in [0.5, 0.6) is 5.75 Å². The van der Waals surface area contributed by atoms with E-state index in [9.17, 15) is 18.0 Å². The van der Waals surface area contributed by atoms with Gasteiger partial charge in [-0.25, -0.2) is 13.2 Å². The molecular weight excluding hydrogens is 552 g/mol. The molecule has 0 N–H and O–H groups in total. The van der Waals surface area contributed by atoms with E-state index in [2.05, 4.69) is 18.7 Å². The van der Waals surface area contributed by atoms with Crippen molar-refractivity contribution in [2.24, 2.45) is 0 Å². The number of aromatic nitrogens is 2. The smallest absolute Gasteiger partial charge is 0.344 e. The molecule has 1 aromatic heterocycles. The second kappa shape index (κ2) is 12.3. The molecular formula is C29H33ClN4O5S. The summed E-state index contributed by atoms with van der Waals surface area (Å²) in [7, 11) is -1.19. The number of halogens is 1. The Labute approximate surface area is 239 Å². The maximum atomic E-state index is 14.1. The van der Waals surface area contributed by atoms with Crippen molar-refractivity contribution >= 4 is 38.6 Å². The van der Waals surface area contributed by atoms with E-state index in [0.717, 1.165) is 17.1 Å². The fourth-order valence-electron chi connectivity index (χ4n) is 4.69. The Hall–Kier alpha value is -3.60. The van der Waals surface area contributed by atoms with Gasteiger partial charge in [-0.05, 0) is 61.1 Å². The molecule has 0 radical (unpaired) electrons. The van der Waals surface area contributed by atoms with Crippen molar-refractivity contribution in [3.63, 3.8) is 0 Å². The van der Waals surface area contributed by atoms with E-state index < -0.39 is 21.8 Å². The third-order valence-corrected chi connectivity index (χ3v) is 8.96. The number of amides is 1. The first-order chi connectivity index (χ1) is 19.1. The Morgan fingerprint density at radius 2 is 1.60 bits per heavy atom. The SMILES string of the molecule is CCN(CC)CCN(C)C(=O)C(c1ccccc1)n1c(=O)n(S(=O)(=O)c2ccc(OC)cc2)c2ccc(Cl)cc21. The van der Waals surface area contributed by atoms with Crippen LogP contribution in [0.15, 0.2) is 82.5 Å². The van der Waals surface area contributed by atoms with Crippen molar-refractivity contribution in [1.29, 1.82) is 0 Å². The summed E-state index contributed by atoms with van der Waals surface area (Å²) < 4.78 is 34.8. The molecule has 40 heavy (non-hydrogen) atoms. The van der Waals surface area contributed by atoms with Crippen molar-refractivity contribution in [1.82, 2.24) is 18.3 Å². The molecule has 1 heterocycles. The number of fused-ring (bicyclic) bond motifs is 1. The van der Waals surface area contributed by atoms with Crippen LogP contribution < -0.4 is 10.4 Å². The summed E-state index contributed by atoms with van der Waals surface area (Å²) in [5, 5.41) is 0.300. The predicted molar refractivity (Wildman–Crippen MR) is 157 cm³/mol. The molecule has 0 aliphatic rings. The maximum absolute atomic E-state index is 14.1. The van der Waals surface area contributed by atoms with Gasteiger partial charge >= 0.3 is 5.69 Å². The number of nitrogens with zero attached hydrogens (tertiary/aromatic N) is 4. The molecule has 1 atom stereocenters. The minimum absolute atomic E-state index is 0.0941. The monoisotopic (exact) mass is 584 g/mol. The third kappa shape index (κ3) is 5.65. The van der Waals surface area contributed by atoms with Crippen LogP contribution in [0.3, 0.4) is 0 Å². The predicted octanol–water partition coefficient (Wildman–Crippen LogP) is 4.09. The molecule has 0 saturated heterocycles. The zero-order chi connectivity index (χ0) is 29.0. The highest BCUT2D eigenvalue weighted by atomic mass is 35.5. The molecule has 0 bridgehead atoms. The summed E-state index contributed by atoms with van der Waals surface area (Å²) in [5.74, 6) is 0.129. The Morgan fingerprint density at radius 3 is 2.20 bits per heavy atom. The fraction of sp³-hybridized carbons (Fsp3) is 0.310. The summed E-state index contributed by atoms with van der Waals surface area (Å²) >= 11 is 6.34. The maximum Gasteiger partial charge on any atom is 0.344 e. The summed E-state index contributed by atoms with van der Waals surface area (Å²) in [6, 6.07) is 18.0. The first-order valence-corrected chi connectivity index (χ1v) is 14.8. The molecule has 11 heteroatoms. The van der Waals surface area contributed by atoms with Gasteiger partial charge in [0.05, 0.1) is 23.0 Å². The molecule has 0 aliphatic heterocycles. The van der Waals surface area contributed by atoms with Crippen molar-refractivity contribution < 1.29 is 17.9 Å². The molecule has 212 valence electrons. The van der Waals surface area contributed by atoms with Gasteiger partial charge in [-0.2, -0.15) is 3.97 Å². The van der Waals surface area contributed by atoms with Gasteiger partial charge in [0, 0.05) is 25.2 Å². The lowest BCUT2D eigenvalue weighted by molar-refractivity contribution is -0.132. The standard InChI is InChI=1S/C29H33ClN4O5S/c1-5-32(6-2)19-18-31(3)28(35)27(21-10-8-7-9-11-21)33-26-20-22(30)12-17-25(26)34(29(33)36)40(37,38)24-15-13-23(39-4)14-16-24/h7-17,20,27H,5-6,18-19H2,1-4H3. The van der Waals surface area contributed by atoms with E-state index in [-0.39, 0.29) is 21.8 Å². The lowest BCUT2D eigenvalue weighted by Crippen LogP contribution is -2.43. The second-order valence-electron chi connectivity index (χ2n) is 9.33. The van der Waals surface area contributed by atoms with Crippen LogP contribution in [0.25, 0.3) is 11.0 Å². The Bertz CT molecular complexity index is 1650. The van der Waals surface area contributed by atoms with Crippen LogP contribution in [0.2, 0.25) is 5.02 Å². The van der Waals surface area contributed by atoms with E-state index in [0.29, 0.717) is 29.4 Å². The zero-order valence-electron chi connectivity index (χ0n) is 23.0. The summed E-state index contributed by atoms with van der Waals surface area (Å²) in [5.41, 5.74) is 0.0243. The number of imidazole rings is 1.